The van der Waals surface area contributed by atoms with Gasteiger partial charge in [-0.2, -0.15) is 0 Å². The Hall–Kier alpha value is -4.36. The van der Waals surface area contributed by atoms with Gasteiger partial charge in [-0.3, -0.25) is 33.7 Å². The van der Waals surface area contributed by atoms with Crippen LogP contribution in [0.4, 0.5) is 17.1 Å². The van der Waals surface area contributed by atoms with Crippen LogP contribution < -0.4 is 32.3 Å². The molecule has 2 aromatic carbocycles. The molecule has 13 nitrogen and oxygen atoms in total. The normalized spacial score (nSPS) is 20.1. The Balaban J connectivity index is 1.10. The van der Waals surface area contributed by atoms with Crippen molar-refractivity contribution < 1.29 is 19.1 Å². The third kappa shape index (κ3) is 5.89. The molecule has 4 heterocycles. The van der Waals surface area contributed by atoms with Crippen molar-refractivity contribution in [3.63, 3.8) is 0 Å². The number of aryl methyl sites for hydroxylation is 1. The summed E-state index contributed by atoms with van der Waals surface area (Å²) in [7, 11) is 1.70. The number of hydrogen-bond donors (Lipinski definition) is 4. The highest BCUT2D eigenvalue weighted by molar-refractivity contribution is 6.02. The Morgan fingerprint density at radius 2 is 1.77 bits per heavy atom. The van der Waals surface area contributed by atoms with Crippen LogP contribution in [0.2, 0.25) is 0 Å². The molecule has 0 aliphatic carbocycles. The van der Waals surface area contributed by atoms with Gasteiger partial charge in [0.2, 0.25) is 11.8 Å². The summed E-state index contributed by atoms with van der Waals surface area (Å²) in [5.74, 6) is -1.19. The van der Waals surface area contributed by atoms with Crippen molar-refractivity contribution in [2.75, 3.05) is 68.0 Å². The predicted octanol–water partition coefficient (Wildman–Crippen LogP) is 1.24. The van der Waals surface area contributed by atoms with Gasteiger partial charge in [-0.1, -0.05) is 12.1 Å². The van der Waals surface area contributed by atoms with E-state index in [9.17, 15) is 19.2 Å². The van der Waals surface area contributed by atoms with Crippen molar-refractivity contribution in [2.24, 2.45) is 12.8 Å². The number of carbonyl (C=O) groups excluding carboxylic acids is 3. The van der Waals surface area contributed by atoms with E-state index in [1.54, 1.807) is 17.7 Å². The van der Waals surface area contributed by atoms with Crippen molar-refractivity contribution in [3.05, 3.63) is 52.4 Å². The van der Waals surface area contributed by atoms with Gasteiger partial charge in [0.1, 0.15) is 6.04 Å². The lowest BCUT2D eigenvalue weighted by Crippen LogP contribution is -2.48. The number of ether oxygens (including phenoxy) is 1. The lowest BCUT2D eigenvalue weighted by molar-refractivity contribution is -0.135. The molecule has 0 bridgehead atoms. The number of nitrogens with zero attached hydrogens (tertiary/aromatic N) is 4. The molecule has 0 radical (unpaired) electrons. The number of carbonyl (C=O) groups is 3. The second kappa shape index (κ2) is 12.7. The zero-order valence-corrected chi connectivity index (χ0v) is 25.0. The SMILES string of the molecule is Cn1c(=O)n(C2CCC(=O)NC2=O)c2cccc(NCCN3CCN(c4cccc(C(N)=O)c4NC4CCOCC4)CC3)c21. The van der Waals surface area contributed by atoms with Gasteiger partial charge >= 0.3 is 5.69 Å². The fourth-order valence-electron chi connectivity index (χ4n) is 6.58. The average molecular weight is 605 g/mol. The highest BCUT2D eigenvalue weighted by Crippen LogP contribution is 2.32. The zero-order chi connectivity index (χ0) is 30.8. The van der Waals surface area contributed by atoms with Gasteiger partial charge in [0.15, 0.2) is 0 Å². The molecule has 234 valence electrons. The number of hydrogen-bond acceptors (Lipinski definition) is 9. The Morgan fingerprint density at radius 1 is 1.02 bits per heavy atom. The smallest absolute Gasteiger partial charge is 0.329 e. The summed E-state index contributed by atoms with van der Waals surface area (Å²) in [5.41, 5.74) is 10.00. The summed E-state index contributed by atoms with van der Waals surface area (Å²) in [6, 6.07) is 10.9. The van der Waals surface area contributed by atoms with E-state index in [-0.39, 0.29) is 24.1 Å². The molecular weight excluding hydrogens is 564 g/mol. The van der Waals surface area contributed by atoms with Crippen LogP contribution in [-0.2, 0) is 21.4 Å². The molecule has 44 heavy (non-hydrogen) atoms. The molecule has 3 aliphatic heterocycles. The van der Waals surface area contributed by atoms with Crippen molar-refractivity contribution in [2.45, 2.75) is 37.8 Å². The van der Waals surface area contributed by atoms with Crippen LogP contribution in [0, 0.1) is 0 Å². The zero-order valence-electron chi connectivity index (χ0n) is 25.0. The number of imidazole rings is 1. The summed E-state index contributed by atoms with van der Waals surface area (Å²) in [6.07, 6.45) is 2.27. The Morgan fingerprint density at radius 3 is 2.50 bits per heavy atom. The first-order valence-electron chi connectivity index (χ1n) is 15.3. The van der Waals surface area contributed by atoms with Gasteiger partial charge in [-0.15, -0.1) is 0 Å². The Kier molecular flexibility index (Phi) is 8.58. The van der Waals surface area contributed by atoms with Crippen LogP contribution in [0.1, 0.15) is 42.1 Å². The monoisotopic (exact) mass is 604 g/mol. The van der Waals surface area contributed by atoms with Crippen molar-refractivity contribution in [3.8, 4) is 0 Å². The molecule has 3 amide bonds. The Bertz CT molecular complexity index is 1620. The van der Waals surface area contributed by atoms with E-state index in [0.29, 0.717) is 37.3 Å². The first kappa shape index (κ1) is 29.7. The van der Waals surface area contributed by atoms with Crippen LogP contribution >= 0.6 is 0 Å². The van der Waals surface area contributed by atoms with Crippen LogP contribution in [-0.4, -0.2) is 90.3 Å². The van der Waals surface area contributed by atoms with Crippen LogP contribution in [0.5, 0.6) is 0 Å². The number of benzene rings is 2. The Labute approximate surface area is 255 Å². The minimum Gasteiger partial charge on any atom is -0.382 e. The molecular formula is C31H40N8O5. The molecule has 0 saturated carbocycles. The molecule has 5 N–H and O–H groups in total. The van der Waals surface area contributed by atoms with E-state index >= 15 is 0 Å². The quantitative estimate of drug-likeness (QED) is 0.264. The molecule has 3 aromatic rings. The largest absolute Gasteiger partial charge is 0.382 e. The van der Waals surface area contributed by atoms with E-state index in [0.717, 1.165) is 68.1 Å². The third-order valence-electron chi connectivity index (χ3n) is 8.96. The second-order valence-corrected chi connectivity index (χ2v) is 11.7. The number of aromatic nitrogens is 2. The van der Waals surface area contributed by atoms with E-state index in [2.05, 4.69) is 31.8 Å². The van der Waals surface area contributed by atoms with Gasteiger partial charge in [0.05, 0.1) is 33.7 Å². The van der Waals surface area contributed by atoms with E-state index in [1.807, 2.05) is 24.3 Å². The summed E-state index contributed by atoms with van der Waals surface area (Å²) in [5, 5.41) is 9.46. The van der Waals surface area contributed by atoms with E-state index in [4.69, 9.17) is 10.5 Å². The fraction of sp³-hybridized carbons (Fsp3) is 0.484. The number of piperazine rings is 1. The highest BCUT2D eigenvalue weighted by atomic mass is 16.5. The molecule has 3 aliphatic rings. The number of anilines is 3. The average Bonchev–Trinajstić information content (AvgIpc) is 3.28. The number of para-hydroxylation sites is 2. The molecule has 0 spiro atoms. The molecule has 13 heteroatoms. The molecule has 3 saturated heterocycles. The highest BCUT2D eigenvalue weighted by Gasteiger charge is 2.32. The predicted molar refractivity (Wildman–Crippen MR) is 168 cm³/mol. The fourth-order valence-corrected chi connectivity index (χ4v) is 6.58. The summed E-state index contributed by atoms with van der Waals surface area (Å²) in [6.45, 7) is 6.21. The number of amides is 3. The van der Waals surface area contributed by atoms with Gasteiger partial charge < -0.3 is 26.0 Å². The number of piperidine rings is 1. The maximum Gasteiger partial charge on any atom is 0.329 e. The topological polar surface area (TPSA) is 156 Å². The molecule has 1 aromatic heterocycles. The minimum absolute atomic E-state index is 0.203. The van der Waals surface area contributed by atoms with Crippen LogP contribution in [0.15, 0.2) is 41.2 Å². The number of nitrogens with two attached hydrogens (primary N) is 1. The maximum absolute atomic E-state index is 13.2. The second-order valence-electron chi connectivity index (χ2n) is 11.7. The first-order chi connectivity index (χ1) is 21.3. The number of nitrogens with one attached hydrogen (secondary N) is 3. The summed E-state index contributed by atoms with van der Waals surface area (Å²) < 4.78 is 8.57. The van der Waals surface area contributed by atoms with E-state index in [1.165, 1.54) is 4.57 Å². The number of primary amides is 1. The number of fused-ring (bicyclic) bond motifs is 1. The number of imide groups is 1. The molecule has 3 fully saturated rings. The van der Waals surface area contributed by atoms with Crippen LogP contribution in [0.25, 0.3) is 11.0 Å². The first-order valence-corrected chi connectivity index (χ1v) is 15.3. The van der Waals surface area contributed by atoms with Crippen molar-refractivity contribution in [1.29, 1.82) is 0 Å². The van der Waals surface area contributed by atoms with E-state index < -0.39 is 17.9 Å². The third-order valence-corrected chi connectivity index (χ3v) is 8.96. The minimum atomic E-state index is -0.716. The lowest BCUT2D eigenvalue weighted by atomic mass is 10.0. The van der Waals surface area contributed by atoms with Gasteiger partial charge in [0.25, 0.3) is 5.91 Å². The number of rotatable bonds is 9. The van der Waals surface area contributed by atoms with Gasteiger partial charge in [-0.05, 0) is 43.5 Å². The van der Waals surface area contributed by atoms with Crippen molar-refractivity contribution >= 4 is 45.8 Å². The standard InChI is InChI=1S/C31H40N8O5/c1-36-28-22(5-3-7-24(28)39(31(36)43)25-8-9-26(40)35-30(25)42)33-12-13-37-14-16-38(17-15-37)23-6-2-4-21(29(32)41)27(23)34-20-10-18-44-19-11-20/h2-7,20,25,33-34H,8-19H2,1H3,(H2,32,41)(H,35,40,42). The molecule has 6 rings (SSSR count). The summed E-state index contributed by atoms with van der Waals surface area (Å²) >= 11 is 0. The van der Waals surface area contributed by atoms with Gasteiger partial charge in [-0.25, -0.2) is 4.79 Å². The van der Waals surface area contributed by atoms with Gasteiger partial charge in [0, 0.05) is 72.0 Å². The molecule has 1 atom stereocenters. The van der Waals surface area contributed by atoms with Crippen LogP contribution in [0.3, 0.4) is 0 Å². The maximum atomic E-state index is 13.2. The van der Waals surface area contributed by atoms with Crippen molar-refractivity contribution in [1.82, 2.24) is 19.4 Å². The summed E-state index contributed by atoms with van der Waals surface area (Å²) in [4.78, 5) is 54.4. The molecule has 1 unspecified atom stereocenters. The lowest BCUT2D eigenvalue weighted by Gasteiger charge is -2.38.